The summed E-state index contributed by atoms with van der Waals surface area (Å²) in [5, 5.41) is 1.13. The maximum absolute atomic E-state index is 12.1. The van der Waals surface area contributed by atoms with Crippen LogP contribution in [-0.4, -0.2) is 24.4 Å². The Labute approximate surface area is 118 Å². The van der Waals surface area contributed by atoms with Gasteiger partial charge in [0.25, 0.3) is 0 Å². The van der Waals surface area contributed by atoms with E-state index in [9.17, 15) is 4.79 Å². The number of amides is 1. The van der Waals surface area contributed by atoms with Crippen molar-refractivity contribution in [3.63, 3.8) is 0 Å². The van der Waals surface area contributed by atoms with E-state index >= 15 is 0 Å². The normalized spacial score (nSPS) is 15.3. The van der Waals surface area contributed by atoms with Crippen LogP contribution in [0.25, 0.3) is 0 Å². The van der Waals surface area contributed by atoms with Crippen LogP contribution in [-0.2, 0) is 11.2 Å². The second-order valence-electron chi connectivity index (χ2n) is 4.95. The maximum atomic E-state index is 12.1. The number of benzene rings is 1. The van der Waals surface area contributed by atoms with Crippen molar-refractivity contribution < 1.29 is 4.79 Å². The molecule has 2 rings (SSSR count). The summed E-state index contributed by atoms with van der Waals surface area (Å²) < 4.78 is 0. The fourth-order valence-corrected chi connectivity index (χ4v) is 2.68. The van der Waals surface area contributed by atoms with Crippen molar-refractivity contribution in [1.29, 1.82) is 0 Å². The van der Waals surface area contributed by atoms with E-state index in [1.807, 2.05) is 7.05 Å². The highest BCUT2D eigenvalue weighted by atomic mass is 35.5. The number of carbonyl (C=O) groups excluding carboxylic acids is 1. The van der Waals surface area contributed by atoms with E-state index in [2.05, 4.69) is 0 Å². The van der Waals surface area contributed by atoms with Gasteiger partial charge in [0.15, 0.2) is 0 Å². The molecule has 1 aliphatic rings. The summed E-state index contributed by atoms with van der Waals surface area (Å²) in [6.45, 7) is 0.848. The predicted molar refractivity (Wildman–Crippen MR) is 75.1 cm³/mol. The molecule has 0 aromatic heterocycles. The number of likely N-dealkylation sites (N-methyl/N-ethyl adjacent to an activating group) is 1. The fraction of sp³-hybridized carbons (Fsp3) is 0.500. The topological polar surface area (TPSA) is 20.3 Å². The SMILES string of the molecule is CN(CC1CCC1)C(=O)Cc1c(Cl)cccc1Cl. The molecule has 98 valence electrons. The lowest BCUT2D eigenvalue weighted by atomic mass is 9.85. The quantitative estimate of drug-likeness (QED) is 0.824. The van der Waals surface area contributed by atoms with Crippen molar-refractivity contribution in [3.8, 4) is 0 Å². The Morgan fingerprint density at radius 1 is 1.33 bits per heavy atom. The molecule has 1 fully saturated rings. The molecule has 1 aliphatic carbocycles. The summed E-state index contributed by atoms with van der Waals surface area (Å²) in [6, 6.07) is 5.32. The lowest BCUT2D eigenvalue weighted by Gasteiger charge is -2.30. The van der Waals surface area contributed by atoms with Gasteiger partial charge in [0.2, 0.25) is 5.91 Å². The highest BCUT2D eigenvalue weighted by Crippen LogP contribution is 2.28. The van der Waals surface area contributed by atoms with Gasteiger partial charge in [-0.05, 0) is 36.5 Å². The maximum Gasteiger partial charge on any atom is 0.226 e. The predicted octanol–water partition coefficient (Wildman–Crippen LogP) is 3.79. The van der Waals surface area contributed by atoms with Gasteiger partial charge in [-0.1, -0.05) is 35.7 Å². The first-order valence-corrected chi connectivity index (χ1v) is 7.00. The van der Waals surface area contributed by atoms with Crippen LogP contribution in [0.4, 0.5) is 0 Å². The number of carbonyl (C=O) groups is 1. The van der Waals surface area contributed by atoms with E-state index in [-0.39, 0.29) is 12.3 Å². The standard InChI is InChI=1S/C14H17Cl2NO/c1-17(9-10-4-2-5-10)14(18)8-11-12(15)6-3-7-13(11)16/h3,6-7,10H,2,4-5,8-9H2,1H3. The molecule has 18 heavy (non-hydrogen) atoms. The molecule has 0 saturated heterocycles. The Bertz CT molecular complexity index is 423. The minimum absolute atomic E-state index is 0.0805. The summed E-state index contributed by atoms with van der Waals surface area (Å²) in [7, 11) is 1.85. The molecule has 0 radical (unpaired) electrons. The summed E-state index contributed by atoms with van der Waals surface area (Å²) in [6.07, 6.45) is 4.06. The Morgan fingerprint density at radius 2 is 1.94 bits per heavy atom. The van der Waals surface area contributed by atoms with Crippen LogP contribution in [0, 0.1) is 5.92 Å². The van der Waals surface area contributed by atoms with Gasteiger partial charge in [-0.25, -0.2) is 0 Å². The van der Waals surface area contributed by atoms with Crippen LogP contribution in [0.3, 0.4) is 0 Å². The smallest absolute Gasteiger partial charge is 0.226 e. The van der Waals surface area contributed by atoms with Crippen LogP contribution in [0.1, 0.15) is 24.8 Å². The van der Waals surface area contributed by atoms with Crippen LogP contribution < -0.4 is 0 Å². The molecular weight excluding hydrogens is 269 g/mol. The van der Waals surface area contributed by atoms with E-state index in [0.29, 0.717) is 16.0 Å². The Hall–Kier alpha value is -0.730. The summed E-state index contributed by atoms with van der Waals surface area (Å²) >= 11 is 12.1. The van der Waals surface area contributed by atoms with Gasteiger partial charge in [-0.3, -0.25) is 4.79 Å². The number of hydrogen-bond donors (Lipinski definition) is 0. The first kappa shape index (κ1) is 13.7. The second kappa shape index (κ2) is 5.94. The van der Waals surface area contributed by atoms with Crippen molar-refractivity contribution in [1.82, 2.24) is 4.90 Å². The molecule has 0 N–H and O–H groups in total. The largest absolute Gasteiger partial charge is 0.345 e. The summed E-state index contributed by atoms with van der Waals surface area (Å²) in [4.78, 5) is 13.9. The highest BCUT2D eigenvalue weighted by Gasteiger charge is 2.22. The van der Waals surface area contributed by atoms with Crippen LogP contribution in [0.15, 0.2) is 18.2 Å². The molecule has 1 aromatic rings. The highest BCUT2D eigenvalue weighted by molar-refractivity contribution is 6.36. The molecule has 0 unspecified atom stereocenters. The number of nitrogens with zero attached hydrogens (tertiary/aromatic N) is 1. The van der Waals surface area contributed by atoms with Gasteiger partial charge in [0, 0.05) is 23.6 Å². The van der Waals surface area contributed by atoms with E-state index in [4.69, 9.17) is 23.2 Å². The van der Waals surface area contributed by atoms with E-state index in [1.54, 1.807) is 23.1 Å². The molecule has 2 nitrogen and oxygen atoms in total. The molecule has 0 spiro atoms. The fourth-order valence-electron chi connectivity index (χ4n) is 2.15. The molecule has 0 atom stereocenters. The van der Waals surface area contributed by atoms with Gasteiger partial charge < -0.3 is 4.90 Å². The zero-order valence-electron chi connectivity index (χ0n) is 10.5. The number of hydrogen-bond acceptors (Lipinski definition) is 1. The molecule has 1 aromatic carbocycles. The Kier molecular flexibility index (Phi) is 4.52. The minimum atomic E-state index is 0.0805. The Morgan fingerprint density at radius 3 is 2.44 bits per heavy atom. The molecule has 4 heteroatoms. The van der Waals surface area contributed by atoms with Gasteiger partial charge in [0.1, 0.15) is 0 Å². The van der Waals surface area contributed by atoms with Crippen molar-refractivity contribution in [3.05, 3.63) is 33.8 Å². The van der Waals surface area contributed by atoms with Gasteiger partial charge in [0.05, 0.1) is 6.42 Å². The average Bonchev–Trinajstić information content (AvgIpc) is 2.28. The zero-order chi connectivity index (χ0) is 13.1. The second-order valence-corrected chi connectivity index (χ2v) is 5.76. The Balaban J connectivity index is 1.97. The van der Waals surface area contributed by atoms with E-state index < -0.39 is 0 Å². The first-order chi connectivity index (χ1) is 8.58. The van der Waals surface area contributed by atoms with Crippen LogP contribution in [0.2, 0.25) is 10.0 Å². The third-order valence-electron chi connectivity index (χ3n) is 3.57. The zero-order valence-corrected chi connectivity index (χ0v) is 12.0. The molecular formula is C14H17Cl2NO. The third-order valence-corrected chi connectivity index (χ3v) is 4.28. The first-order valence-electron chi connectivity index (χ1n) is 6.25. The number of rotatable bonds is 4. The van der Waals surface area contributed by atoms with Crippen molar-refractivity contribution >= 4 is 29.1 Å². The molecule has 1 saturated carbocycles. The van der Waals surface area contributed by atoms with E-state index in [1.165, 1.54) is 19.3 Å². The molecule has 1 amide bonds. The van der Waals surface area contributed by atoms with Crippen molar-refractivity contribution in [2.24, 2.45) is 5.92 Å². The summed E-state index contributed by atoms with van der Waals surface area (Å²) in [5.41, 5.74) is 0.728. The average molecular weight is 286 g/mol. The molecule has 0 bridgehead atoms. The van der Waals surface area contributed by atoms with Gasteiger partial charge in [-0.15, -0.1) is 0 Å². The van der Waals surface area contributed by atoms with Crippen LogP contribution >= 0.6 is 23.2 Å². The third kappa shape index (κ3) is 3.18. The lowest BCUT2D eigenvalue weighted by molar-refractivity contribution is -0.130. The van der Waals surface area contributed by atoms with E-state index in [0.717, 1.165) is 12.1 Å². The molecule has 0 aliphatic heterocycles. The summed E-state index contributed by atoms with van der Waals surface area (Å²) in [5.74, 6) is 0.762. The minimum Gasteiger partial charge on any atom is -0.345 e. The van der Waals surface area contributed by atoms with Crippen LogP contribution in [0.5, 0.6) is 0 Å². The monoisotopic (exact) mass is 285 g/mol. The molecule has 0 heterocycles. The van der Waals surface area contributed by atoms with Gasteiger partial charge >= 0.3 is 0 Å². The van der Waals surface area contributed by atoms with Gasteiger partial charge in [-0.2, -0.15) is 0 Å². The number of halogens is 2. The lowest BCUT2D eigenvalue weighted by Crippen LogP contribution is -2.35. The van der Waals surface area contributed by atoms with Crippen molar-refractivity contribution in [2.45, 2.75) is 25.7 Å². The van der Waals surface area contributed by atoms with Crippen molar-refractivity contribution in [2.75, 3.05) is 13.6 Å².